The highest BCUT2D eigenvalue weighted by molar-refractivity contribution is 5.93. The molecule has 0 radical (unpaired) electrons. The number of nitrogens with two attached hydrogens (primary N) is 2. The van der Waals surface area contributed by atoms with Gasteiger partial charge in [0.25, 0.3) is 0 Å². The van der Waals surface area contributed by atoms with Gasteiger partial charge in [-0.2, -0.15) is 0 Å². The number of aliphatic hydroxyl groups excluding tert-OH is 1. The molecule has 0 saturated heterocycles. The van der Waals surface area contributed by atoms with Crippen molar-refractivity contribution >= 4 is 35.6 Å². The average Bonchev–Trinajstić information content (AvgIpc) is 2.59. The van der Waals surface area contributed by atoms with Crippen molar-refractivity contribution in [2.24, 2.45) is 11.5 Å². The Morgan fingerprint density at radius 3 is 2.03 bits per heavy atom. The molecule has 0 bridgehead atoms. The summed E-state index contributed by atoms with van der Waals surface area (Å²) in [6.07, 6.45) is -2.71. The fraction of sp³-hybridized carbons (Fsp3) is 0.600. The first-order valence-corrected chi connectivity index (χ1v) is 8.39. The van der Waals surface area contributed by atoms with Gasteiger partial charge in [0.05, 0.1) is 25.1 Å². The molecule has 0 aliphatic heterocycles. The summed E-state index contributed by atoms with van der Waals surface area (Å²) < 4.78 is 0. The lowest BCUT2D eigenvalue weighted by Gasteiger charge is -2.23. The van der Waals surface area contributed by atoms with E-state index in [2.05, 4.69) is 16.0 Å². The Balaban J connectivity index is 4.83. The summed E-state index contributed by atoms with van der Waals surface area (Å²) in [5, 5.41) is 33.6. The van der Waals surface area contributed by atoms with Crippen LogP contribution in [0.25, 0.3) is 0 Å². The first-order chi connectivity index (χ1) is 13.3. The molecule has 0 heterocycles. The van der Waals surface area contributed by atoms with Gasteiger partial charge in [-0.15, -0.1) is 0 Å². The van der Waals surface area contributed by atoms with Crippen LogP contribution in [0.4, 0.5) is 0 Å². The van der Waals surface area contributed by atoms with Gasteiger partial charge in [0, 0.05) is 6.42 Å². The van der Waals surface area contributed by atoms with E-state index < -0.39 is 72.8 Å². The first kappa shape index (κ1) is 25.7. The summed E-state index contributed by atoms with van der Waals surface area (Å²) in [6, 6.07) is -4.44. The van der Waals surface area contributed by atoms with Gasteiger partial charge in [0.2, 0.25) is 23.6 Å². The molecule has 4 atom stereocenters. The maximum atomic E-state index is 12.2. The molecule has 0 spiro atoms. The maximum Gasteiger partial charge on any atom is 0.326 e. The van der Waals surface area contributed by atoms with Crippen LogP contribution in [0.3, 0.4) is 0 Å². The molecule has 14 heteroatoms. The van der Waals surface area contributed by atoms with Crippen molar-refractivity contribution < 1.29 is 44.1 Å². The van der Waals surface area contributed by atoms with Crippen molar-refractivity contribution in [3.05, 3.63) is 0 Å². The molecule has 0 aliphatic rings. The molecule has 0 aromatic heterocycles. The highest BCUT2D eigenvalue weighted by Crippen LogP contribution is 2.01. The highest BCUT2D eigenvalue weighted by Gasteiger charge is 2.30. The fourth-order valence-electron chi connectivity index (χ4n) is 2.01. The Morgan fingerprint density at radius 2 is 1.59 bits per heavy atom. The van der Waals surface area contributed by atoms with Gasteiger partial charge in [-0.05, 0) is 13.3 Å². The number of carboxylic acids is 2. The predicted molar refractivity (Wildman–Crippen MR) is 94.8 cm³/mol. The minimum atomic E-state index is -1.57. The standard InChI is InChI=1S/C15H25N5O9/c1-6(21)12(14(27)19-8(15(28)29)2-3-9(17)22)20-10(23)5-18-13(26)7(16)4-11(24)25/h6-8,12,21H,2-5,16H2,1H3,(H2,17,22)(H,18,26)(H,19,27)(H,20,23)(H,24,25)(H,28,29). The van der Waals surface area contributed by atoms with Crippen LogP contribution in [-0.4, -0.2) is 81.7 Å². The number of carboxylic acid groups (broad SMARTS) is 2. The van der Waals surface area contributed by atoms with Gasteiger partial charge in [-0.25, -0.2) is 4.79 Å². The number of hydrogen-bond acceptors (Lipinski definition) is 8. The van der Waals surface area contributed by atoms with E-state index in [1.54, 1.807) is 0 Å². The van der Waals surface area contributed by atoms with Crippen LogP contribution in [0.2, 0.25) is 0 Å². The van der Waals surface area contributed by atoms with E-state index in [0.29, 0.717) is 0 Å². The normalized spacial score (nSPS) is 14.6. The predicted octanol–water partition coefficient (Wildman–Crippen LogP) is -4.39. The third-order valence-electron chi connectivity index (χ3n) is 3.53. The van der Waals surface area contributed by atoms with Crippen molar-refractivity contribution in [3.63, 3.8) is 0 Å². The van der Waals surface area contributed by atoms with Gasteiger partial charge >= 0.3 is 11.9 Å². The Kier molecular flexibility index (Phi) is 10.9. The molecule has 14 nitrogen and oxygen atoms in total. The van der Waals surface area contributed by atoms with E-state index in [4.69, 9.17) is 21.7 Å². The molecule has 4 amide bonds. The van der Waals surface area contributed by atoms with E-state index in [1.165, 1.54) is 0 Å². The Bertz CT molecular complexity index is 652. The molecule has 29 heavy (non-hydrogen) atoms. The molecular formula is C15H25N5O9. The molecule has 4 unspecified atom stereocenters. The second kappa shape index (κ2) is 12.2. The third-order valence-corrected chi connectivity index (χ3v) is 3.53. The van der Waals surface area contributed by atoms with E-state index in [1.807, 2.05) is 0 Å². The zero-order chi connectivity index (χ0) is 22.7. The summed E-state index contributed by atoms with van der Waals surface area (Å²) in [6.45, 7) is 0.484. The van der Waals surface area contributed by atoms with Crippen LogP contribution in [0.15, 0.2) is 0 Å². The van der Waals surface area contributed by atoms with Crippen molar-refractivity contribution in [3.8, 4) is 0 Å². The van der Waals surface area contributed by atoms with E-state index in [-0.39, 0.29) is 12.8 Å². The molecular weight excluding hydrogens is 394 g/mol. The number of rotatable bonds is 13. The first-order valence-electron chi connectivity index (χ1n) is 8.39. The van der Waals surface area contributed by atoms with E-state index in [9.17, 15) is 33.9 Å². The summed E-state index contributed by atoms with van der Waals surface area (Å²) in [5.41, 5.74) is 10.3. The number of nitrogens with one attached hydrogen (secondary N) is 3. The lowest BCUT2D eigenvalue weighted by atomic mass is 10.1. The summed E-state index contributed by atoms with van der Waals surface area (Å²) in [5.74, 6) is -6.42. The average molecular weight is 419 g/mol. The second-order valence-electron chi connectivity index (χ2n) is 6.11. The number of primary amides is 1. The van der Waals surface area contributed by atoms with Crippen LogP contribution in [-0.2, 0) is 28.8 Å². The molecule has 10 N–H and O–H groups in total. The van der Waals surface area contributed by atoms with Crippen LogP contribution >= 0.6 is 0 Å². The zero-order valence-electron chi connectivity index (χ0n) is 15.6. The van der Waals surface area contributed by atoms with Crippen LogP contribution < -0.4 is 27.4 Å². The summed E-state index contributed by atoms with van der Waals surface area (Å²) >= 11 is 0. The number of carbonyl (C=O) groups excluding carboxylic acids is 4. The highest BCUT2D eigenvalue weighted by atomic mass is 16.4. The lowest BCUT2D eigenvalue weighted by Crippen LogP contribution is -2.57. The molecule has 0 aromatic carbocycles. The van der Waals surface area contributed by atoms with Crippen LogP contribution in [0, 0.1) is 0 Å². The van der Waals surface area contributed by atoms with Gasteiger partial charge in [0.15, 0.2) is 0 Å². The zero-order valence-corrected chi connectivity index (χ0v) is 15.6. The summed E-state index contributed by atoms with van der Waals surface area (Å²) in [4.78, 5) is 68.1. The third kappa shape index (κ3) is 10.6. The number of aliphatic carboxylic acids is 2. The van der Waals surface area contributed by atoms with Gasteiger partial charge in [0.1, 0.15) is 12.1 Å². The largest absolute Gasteiger partial charge is 0.481 e. The number of carbonyl (C=O) groups is 6. The maximum absolute atomic E-state index is 12.2. The SMILES string of the molecule is CC(O)C(NC(=O)CNC(=O)C(N)CC(=O)O)C(=O)NC(CCC(N)=O)C(=O)O. The molecule has 164 valence electrons. The van der Waals surface area contributed by atoms with Crippen molar-refractivity contribution in [2.45, 2.75) is 50.4 Å². The molecule has 0 aliphatic carbocycles. The second-order valence-corrected chi connectivity index (χ2v) is 6.11. The number of hydrogen-bond donors (Lipinski definition) is 8. The van der Waals surface area contributed by atoms with Crippen molar-refractivity contribution in [1.29, 1.82) is 0 Å². The minimum Gasteiger partial charge on any atom is -0.481 e. The monoisotopic (exact) mass is 419 g/mol. The van der Waals surface area contributed by atoms with Gasteiger partial charge in [-0.3, -0.25) is 24.0 Å². The topological polar surface area (TPSA) is 251 Å². The molecule has 0 aromatic rings. The Labute approximate surface area is 165 Å². The Morgan fingerprint density at radius 1 is 1.00 bits per heavy atom. The lowest BCUT2D eigenvalue weighted by molar-refractivity contribution is -0.143. The molecule has 0 rings (SSSR count). The quantitative estimate of drug-likeness (QED) is 0.142. The van der Waals surface area contributed by atoms with Crippen LogP contribution in [0.5, 0.6) is 0 Å². The van der Waals surface area contributed by atoms with Crippen molar-refractivity contribution in [1.82, 2.24) is 16.0 Å². The van der Waals surface area contributed by atoms with E-state index >= 15 is 0 Å². The van der Waals surface area contributed by atoms with Gasteiger partial charge in [-0.1, -0.05) is 0 Å². The smallest absolute Gasteiger partial charge is 0.326 e. The van der Waals surface area contributed by atoms with Crippen molar-refractivity contribution in [2.75, 3.05) is 6.54 Å². The molecule has 0 fully saturated rings. The number of aliphatic hydroxyl groups is 1. The fourth-order valence-corrected chi connectivity index (χ4v) is 2.01. The summed E-state index contributed by atoms with van der Waals surface area (Å²) in [7, 11) is 0. The van der Waals surface area contributed by atoms with E-state index in [0.717, 1.165) is 6.92 Å². The number of amides is 4. The van der Waals surface area contributed by atoms with Gasteiger partial charge < -0.3 is 42.7 Å². The van der Waals surface area contributed by atoms with Crippen LogP contribution in [0.1, 0.15) is 26.2 Å². The molecule has 0 saturated carbocycles. The minimum absolute atomic E-state index is 0.297. The Hall–Kier alpha value is -3.26.